The maximum absolute atomic E-state index is 11.1. The zero-order valence-electron chi connectivity index (χ0n) is 8.01. The average molecular weight is 170 g/mol. The molecule has 1 saturated heterocycles. The first-order chi connectivity index (χ1) is 5.74. The summed E-state index contributed by atoms with van der Waals surface area (Å²) in [6, 6.07) is 0. The molecule has 1 rings (SSSR count). The summed E-state index contributed by atoms with van der Waals surface area (Å²) in [4.78, 5) is 11.1. The SMILES string of the molecule is CCCC(C)C1CC(=O)CCO1. The van der Waals surface area contributed by atoms with E-state index >= 15 is 0 Å². The zero-order valence-corrected chi connectivity index (χ0v) is 8.01. The predicted molar refractivity (Wildman–Crippen MR) is 48.1 cm³/mol. The van der Waals surface area contributed by atoms with Gasteiger partial charge in [0.05, 0.1) is 12.7 Å². The number of hydrogen-bond acceptors (Lipinski definition) is 2. The van der Waals surface area contributed by atoms with Gasteiger partial charge in [-0.15, -0.1) is 0 Å². The number of carbonyl (C=O) groups excluding carboxylic acids is 1. The van der Waals surface area contributed by atoms with Crippen molar-refractivity contribution in [1.82, 2.24) is 0 Å². The Labute approximate surface area is 74.3 Å². The minimum atomic E-state index is 0.200. The fourth-order valence-electron chi connectivity index (χ4n) is 1.72. The third-order valence-corrected chi connectivity index (χ3v) is 2.52. The summed E-state index contributed by atoms with van der Waals surface area (Å²) in [5.74, 6) is 0.911. The Balaban J connectivity index is 2.34. The highest BCUT2D eigenvalue weighted by Crippen LogP contribution is 2.21. The van der Waals surface area contributed by atoms with E-state index in [-0.39, 0.29) is 6.10 Å². The highest BCUT2D eigenvalue weighted by molar-refractivity contribution is 5.79. The van der Waals surface area contributed by atoms with Crippen molar-refractivity contribution in [3.8, 4) is 0 Å². The number of ketones is 1. The van der Waals surface area contributed by atoms with E-state index < -0.39 is 0 Å². The fourth-order valence-corrected chi connectivity index (χ4v) is 1.72. The second-order valence-electron chi connectivity index (χ2n) is 3.67. The van der Waals surface area contributed by atoms with Crippen molar-refractivity contribution in [3.05, 3.63) is 0 Å². The van der Waals surface area contributed by atoms with Gasteiger partial charge in [-0.05, 0) is 12.3 Å². The minimum Gasteiger partial charge on any atom is -0.377 e. The number of carbonyl (C=O) groups is 1. The maximum atomic E-state index is 11.1. The summed E-state index contributed by atoms with van der Waals surface area (Å²) < 4.78 is 5.54. The fraction of sp³-hybridized carbons (Fsp3) is 0.900. The molecule has 0 N–H and O–H groups in total. The first-order valence-corrected chi connectivity index (χ1v) is 4.87. The molecule has 0 amide bonds. The molecule has 0 spiro atoms. The van der Waals surface area contributed by atoms with Crippen LogP contribution in [0, 0.1) is 5.92 Å². The van der Waals surface area contributed by atoms with Gasteiger partial charge < -0.3 is 4.74 Å². The molecular weight excluding hydrogens is 152 g/mol. The van der Waals surface area contributed by atoms with Crippen LogP contribution < -0.4 is 0 Å². The van der Waals surface area contributed by atoms with Gasteiger partial charge in [0.2, 0.25) is 0 Å². The number of hydrogen-bond donors (Lipinski definition) is 0. The zero-order chi connectivity index (χ0) is 8.97. The first-order valence-electron chi connectivity index (χ1n) is 4.87. The van der Waals surface area contributed by atoms with E-state index in [9.17, 15) is 4.79 Å². The van der Waals surface area contributed by atoms with Crippen molar-refractivity contribution in [2.75, 3.05) is 6.61 Å². The molecule has 12 heavy (non-hydrogen) atoms. The van der Waals surface area contributed by atoms with Crippen molar-refractivity contribution in [2.24, 2.45) is 5.92 Å². The van der Waals surface area contributed by atoms with E-state index in [1.165, 1.54) is 6.42 Å². The molecule has 0 aromatic rings. The van der Waals surface area contributed by atoms with Crippen molar-refractivity contribution in [3.63, 3.8) is 0 Å². The molecule has 70 valence electrons. The van der Waals surface area contributed by atoms with E-state index in [2.05, 4.69) is 13.8 Å². The van der Waals surface area contributed by atoms with E-state index in [0.29, 0.717) is 31.1 Å². The van der Waals surface area contributed by atoms with Crippen LogP contribution in [0.15, 0.2) is 0 Å². The van der Waals surface area contributed by atoms with Crippen LogP contribution in [0.1, 0.15) is 39.5 Å². The molecule has 0 aromatic heterocycles. The van der Waals surface area contributed by atoms with Crippen molar-refractivity contribution < 1.29 is 9.53 Å². The molecule has 0 saturated carbocycles. The van der Waals surface area contributed by atoms with E-state index in [4.69, 9.17) is 4.74 Å². The van der Waals surface area contributed by atoms with Gasteiger partial charge in [-0.1, -0.05) is 20.3 Å². The predicted octanol–water partition coefficient (Wildman–Crippen LogP) is 2.17. The van der Waals surface area contributed by atoms with Gasteiger partial charge in [0.15, 0.2) is 0 Å². The normalized spacial score (nSPS) is 27.2. The van der Waals surface area contributed by atoms with Crippen LogP contribution in [0.25, 0.3) is 0 Å². The van der Waals surface area contributed by atoms with Gasteiger partial charge >= 0.3 is 0 Å². The summed E-state index contributed by atoms with van der Waals surface area (Å²) in [5.41, 5.74) is 0. The van der Waals surface area contributed by atoms with Gasteiger partial charge in [-0.25, -0.2) is 0 Å². The van der Waals surface area contributed by atoms with Crippen molar-refractivity contribution >= 4 is 5.78 Å². The Morgan fingerprint density at radius 3 is 3.00 bits per heavy atom. The molecule has 2 unspecified atom stereocenters. The summed E-state index contributed by atoms with van der Waals surface area (Å²) in [5, 5.41) is 0. The Kier molecular flexibility index (Phi) is 3.73. The van der Waals surface area contributed by atoms with Crippen LogP contribution in [0.5, 0.6) is 0 Å². The number of rotatable bonds is 3. The second kappa shape index (κ2) is 4.61. The lowest BCUT2D eigenvalue weighted by atomic mass is 9.93. The third-order valence-electron chi connectivity index (χ3n) is 2.52. The van der Waals surface area contributed by atoms with Crippen LogP contribution in [0.4, 0.5) is 0 Å². The molecule has 2 atom stereocenters. The molecule has 0 aromatic carbocycles. The molecule has 1 fully saturated rings. The highest BCUT2D eigenvalue weighted by Gasteiger charge is 2.24. The smallest absolute Gasteiger partial charge is 0.137 e. The van der Waals surface area contributed by atoms with Gasteiger partial charge in [0.1, 0.15) is 5.78 Å². The summed E-state index contributed by atoms with van der Waals surface area (Å²) in [7, 11) is 0. The van der Waals surface area contributed by atoms with Crippen LogP contribution >= 0.6 is 0 Å². The molecule has 0 bridgehead atoms. The Morgan fingerprint density at radius 1 is 1.67 bits per heavy atom. The van der Waals surface area contributed by atoms with Gasteiger partial charge in [-0.2, -0.15) is 0 Å². The van der Waals surface area contributed by atoms with Crippen LogP contribution in [0.3, 0.4) is 0 Å². The Bertz CT molecular complexity index is 154. The maximum Gasteiger partial charge on any atom is 0.137 e. The highest BCUT2D eigenvalue weighted by atomic mass is 16.5. The Hall–Kier alpha value is -0.370. The standard InChI is InChI=1S/C10H18O2/c1-3-4-8(2)10-7-9(11)5-6-12-10/h8,10H,3-7H2,1-2H3. The Morgan fingerprint density at radius 2 is 2.42 bits per heavy atom. The van der Waals surface area contributed by atoms with Gasteiger partial charge in [-0.3, -0.25) is 4.79 Å². The van der Waals surface area contributed by atoms with Gasteiger partial charge in [0, 0.05) is 12.8 Å². The van der Waals surface area contributed by atoms with Crippen molar-refractivity contribution in [1.29, 1.82) is 0 Å². The van der Waals surface area contributed by atoms with Crippen LogP contribution in [-0.4, -0.2) is 18.5 Å². The van der Waals surface area contributed by atoms with Crippen molar-refractivity contribution in [2.45, 2.75) is 45.6 Å². The van der Waals surface area contributed by atoms with E-state index in [0.717, 1.165) is 6.42 Å². The summed E-state index contributed by atoms with van der Waals surface area (Å²) in [6.45, 7) is 4.98. The molecule has 1 aliphatic rings. The topological polar surface area (TPSA) is 26.3 Å². The lowest BCUT2D eigenvalue weighted by Gasteiger charge is -2.27. The lowest BCUT2D eigenvalue weighted by molar-refractivity contribution is -0.130. The number of Topliss-reactive ketones (excluding diaryl/α,β-unsaturated/α-hetero) is 1. The molecule has 1 aliphatic heterocycles. The molecule has 0 radical (unpaired) electrons. The molecule has 2 nitrogen and oxygen atoms in total. The summed E-state index contributed by atoms with van der Waals surface area (Å²) in [6.07, 6.45) is 3.80. The molecular formula is C10H18O2. The number of ether oxygens (including phenoxy) is 1. The molecule has 0 aliphatic carbocycles. The first kappa shape index (κ1) is 9.72. The van der Waals surface area contributed by atoms with E-state index in [1.807, 2.05) is 0 Å². The monoisotopic (exact) mass is 170 g/mol. The second-order valence-corrected chi connectivity index (χ2v) is 3.67. The third kappa shape index (κ3) is 2.59. The molecule has 1 heterocycles. The average Bonchev–Trinajstić information content (AvgIpc) is 2.05. The van der Waals surface area contributed by atoms with Crippen LogP contribution in [0.2, 0.25) is 0 Å². The van der Waals surface area contributed by atoms with E-state index in [1.54, 1.807) is 0 Å². The lowest BCUT2D eigenvalue weighted by Crippen LogP contribution is -2.30. The van der Waals surface area contributed by atoms with Gasteiger partial charge in [0.25, 0.3) is 0 Å². The minimum absolute atomic E-state index is 0.200. The largest absolute Gasteiger partial charge is 0.377 e. The summed E-state index contributed by atoms with van der Waals surface area (Å²) >= 11 is 0. The molecule has 2 heteroatoms. The quantitative estimate of drug-likeness (QED) is 0.649. The van der Waals surface area contributed by atoms with Crippen LogP contribution in [-0.2, 0) is 9.53 Å².